The lowest BCUT2D eigenvalue weighted by molar-refractivity contribution is -0.712. The molecule has 6 rings (SSSR count). The number of pyridine rings is 2. The van der Waals surface area contributed by atoms with Gasteiger partial charge in [0.2, 0.25) is 11.7 Å². The molecule has 4 heterocycles. The van der Waals surface area contributed by atoms with Crippen molar-refractivity contribution >= 4 is 21.7 Å². The van der Waals surface area contributed by atoms with Crippen LogP contribution in [-0.2, 0) is 16.6 Å². The fourth-order valence-corrected chi connectivity index (χ4v) is 6.70. The summed E-state index contributed by atoms with van der Waals surface area (Å²) in [5.41, 5.74) is 8.51. The molecule has 1 N–H and O–H groups in total. The number of furan rings is 1. The summed E-state index contributed by atoms with van der Waals surface area (Å²) in [7, 11) is 1.72. The molecular weight excluding hydrogens is 508 g/mol. The largest absolute Gasteiger partial charge is 0.506 e. The van der Waals surface area contributed by atoms with Crippen molar-refractivity contribution in [2.45, 2.75) is 58.4 Å². The lowest BCUT2D eigenvalue weighted by atomic mass is 9.75. The summed E-state index contributed by atoms with van der Waals surface area (Å²) in [6.07, 6.45) is 6.68. The van der Waals surface area contributed by atoms with E-state index in [-0.39, 0.29) is 23.1 Å². The van der Waals surface area contributed by atoms with E-state index < -0.39 is 0 Å². The van der Waals surface area contributed by atoms with Gasteiger partial charge in [0, 0.05) is 42.0 Å². The van der Waals surface area contributed by atoms with Crippen molar-refractivity contribution in [3.63, 3.8) is 0 Å². The molecule has 210 valence electrons. The maximum Gasteiger partial charge on any atom is 0.223 e. The van der Waals surface area contributed by atoms with Crippen LogP contribution in [0.5, 0.6) is 0 Å². The molecule has 0 amide bonds. The Morgan fingerprint density at radius 1 is 1.12 bits per heavy atom. The van der Waals surface area contributed by atoms with Crippen molar-refractivity contribution in [3.8, 4) is 22.5 Å². The lowest BCUT2D eigenvalue weighted by Crippen LogP contribution is -2.49. The van der Waals surface area contributed by atoms with E-state index in [0.717, 1.165) is 39.9 Å². The zero-order valence-corrected chi connectivity index (χ0v) is 24.9. The first-order valence-corrected chi connectivity index (χ1v) is 14.4. The first-order valence-electron chi connectivity index (χ1n) is 14.4. The maximum atomic E-state index is 11.0. The molecule has 41 heavy (non-hydrogen) atoms. The number of rotatable bonds is 6. The van der Waals surface area contributed by atoms with E-state index in [1.165, 1.54) is 27.5 Å². The second kappa shape index (κ2) is 10.1. The van der Waals surface area contributed by atoms with Crippen molar-refractivity contribution in [2.75, 3.05) is 13.7 Å². The van der Waals surface area contributed by atoms with Crippen LogP contribution in [0, 0.1) is 5.92 Å². The van der Waals surface area contributed by atoms with E-state index in [4.69, 9.17) is 14.1 Å². The van der Waals surface area contributed by atoms with Crippen LogP contribution in [0.1, 0.15) is 63.3 Å². The van der Waals surface area contributed by atoms with Gasteiger partial charge in [-0.15, -0.1) is 0 Å². The van der Waals surface area contributed by atoms with Gasteiger partial charge in [0.05, 0.1) is 30.0 Å². The monoisotopic (exact) mass is 547 g/mol. The number of aromatic nitrogens is 2. The molecule has 0 fully saturated rings. The van der Waals surface area contributed by atoms with Crippen LogP contribution in [0.15, 0.2) is 83.9 Å². The number of fused-ring (bicyclic) bond motifs is 6. The minimum atomic E-state index is -0.371. The molecule has 1 aliphatic heterocycles. The molecule has 0 bridgehead atoms. The Kier molecular flexibility index (Phi) is 6.74. The Morgan fingerprint density at radius 3 is 2.56 bits per heavy atom. The third-order valence-electron chi connectivity index (χ3n) is 8.36. The van der Waals surface area contributed by atoms with E-state index in [9.17, 15) is 5.11 Å². The van der Waals surface area contributed by atoms with E-state index in [1.807, 2.05) is 18.5 Å². The van der Waals surface area contributed by atoms with Gasteiger partial charge in [-0.2, -0.15) is 4.57 Å². The highest BCUT2D eigenvalue weighted by Gasteiger charge is 2.44. The number of benzene rings is 2. The van der Waals surface area contributed by atoms with Crippen LogP contribution in [0.2, 0.25) is 0 Å². The highest BCUT2D eigenvalue weighted by molar-refractivity contribution is 5.97. The summed E-state index contributed by atoms with van der Waals surface area (Å²) < 4.78 is 13.9. The second-order valence-corrected chi connectivity index (χ2v) is 12.8. The highest BCUT2D eigenvalue weighted by Crippen LogP contribution is 2.47. The summed E-state index contributed by atoms with van der Waals surface area (Å²) in [5.74, 6) is 0.505. The average molecular weight is 548 g/mol. The smallest absolute Gasteiger partial charge is 0.223 e. The molecule has 0 saturated carbocycles. The molecule has 0 radical (unpaired) electrons. The minimum absolute atomic E-state index is 0.0685. The Morgan fingerprint density at radius 2 is 1.88 bits per heavy atom. The molecule has 3 aromatic heterocycles. The summed E-state index contributed by atoms with van der Waals surface area (Å²) in [6.45, 7) is 15.7. The quantitative estimate of drug-likeness (QED) is 0.171. The van der Waals surface area contributed by atoms with Crippen molar-refractivity contribution in [2.24, 2.45) is 5.92 Å². The molecule has 5 heteroatoms. The van der Waals surface area contributed by atoms with Crippen LogP contribution in [-0.4, -0.2) is 23.8 Å². The van der Waals surface area contributed by atoms with Crippen LogP contribution >= 0.6 is 0 Å². The van der Waals surface area contributed by atoms with Gasteiger partial charge >= 0.3 is 0 Å². The summed E-state index contributed by atoms with van der Waals surface area (Å²) in [4.78, 5) is 4.87. The first-order chi connectivity index (χ1) is 19.6. The topological polar surface area (TPSA) is 59.4 Å². The van der Waals surface area contributed by atoms with Crippen molar-refractivity contribution in [1.82, 2.24) is 4.98 Å². The molecular formula is C36H39N2O3+. The Bertz CT molecular complexity index is 1790. The van der Waals surface area contributed by atoms with E-state index >= 15 is 0 Å². The van der Waals surface area contributed by atoms with E-state index in [2.05, 4.69) is 94.4 Å². The molecule has 2 unspecified atom stereocenters. The number of nitrogens with zero attached hydrogens (tertiary/aromatic N) is 2. The average Bonchev–Trinajstić information content (AvgIpc) is 3.33. The molecule has 1 aliphatic rings. The normalized spacial score (nSPS) is 16.8. The van der Waals surface area contributed by atoms with Crippen LogP contribution in [0.25, 0.3) is 44.3 Å². The molecule has 2 atom stereocenters. The van der Waals surface area contributed by atoms with Gasteiger partial charge in [0.25, 0.3) is 0 Å². The third-order valence-corrected chi connectivity index (χ3v) is 8.36. The second-order valence-electron chi connectivity index (χ2n) is 12.8. The van der Waals surface area contributed by atoms with Gasteiger partial charge in [-0.05, 0) is 51.8 Å². The van der Waals surface area contributed by atoms with Crippen LogP contribution < -0.4 is 4.57 Å². The van der Waals surface area contributed by atoms with Crippen molar-refractivity contribution < 1.29 is 18.8 Å². The van der Waals surface area contributed by atoms with Crippen molar-refractivity contribution in [1.29, 1.82) is 0 Å². The standard InChI is InChI=1S/C36H38N2O3/c1-21(2)16-24-19-41-31-12-14-37-34(32(24)31)23-13-15-38-30(17-23)27-18-29(36(4,5)6)25-10-8-9-11-26(25)33(27)28(20-40-7)35(38)22(3)39/h8-15,17-19,21,28,35H,3,16,20H2,1-2,4-7H3/p+1. The summed E-state index contributed by atoms with van der Waals surface area (Å²) in [6, 6.07) is 16.8. The third kappa shape index (κ3) is 4.53. The molecule has 0 aliphatic carbocycles. The summed E-state index contributed by atoms with van der Waals surface area (Å²) >= 11 is 0. The van der Waals surface area contributed by atoms with Gasteiger partial charge in [0.1, 0.15) is 5.58 Å². The summed E-state index contributed by atoms with van der Waals surface area (Å²) in [5, 5.41) is 14.5. The first kappa shape index (κ1) is 27.2. The zero-order valence-electron chi connectivity index (χ0n) is 24.9. The van der Waals surface area contributed by atoms with Crippen LogP contribution in [0.4, 0.5) is 0 Å². The maximum absolute atomic E-state index is 11.0. The number of aliphatic hydroxyl groups is 1. The fraction of sp³-hybridized carbons (Fsp3) is 0.333. The molecule has 5 nitrogen and oxygen atoms in total. The van der Waals surface area contributed by atoms with Crippen LogP contribution in [0.3, 0.4) is 0 Å². The van der Waals surface area contributed by atoms with Gasteiger partial charge in [-0.3, -0.25) is 4.98 Å². The number of aliphatic hydroxyl groups excluding tert-OH is 1. The van der Waals surface area contributed by atoms with E-state index in [0.29, 0.717) is 12.5 Å². The predicted molar refractivity (Wildman–Crippen MR) is 165 cm³/mol. The minimum Gasteiger partial charge on any atom is -0.506 e. The Hall–Kier alpha value is -3.96. The van der Waals surface area contributed by atoms with Gasteiger partial charge in [-0.25, -0.2) is 0 Å². The Labute approximate surface area is 242 Å². The van der Waals surface area contributed by atoms with Gasteiger partial charge in [-0.1, -0.05) is 65.5 Å². The van der Waals surface area contributed by atoms with Gasteiger partial charge in [0.15, 0.2) is 12.0 Å². The predicted octanol–water partition coefficient (Wildman–Crippen LogP) is 8.45. The SMILES string of the molecule is C=C(O)C1C(COC)c2c(cc(C(C)(C)C)c3ccccc23)-c2cc(-c3nccc4occ(CC(C)C)c34)cc[n+]21. The molecule has 5 aromatic rings. The number of allylic oxidation sites excluding steroid dienone is 1. The zero-order chi connectivity index (χ0) is 29.1. The lowest BCUT2D eigenvalue weighted by Gasteiger charge is -2.33. The molecule has 2 aromatic carbocycles. The number of hydrogen-bond acceptors (Lipinski definition) is 4. The fourth-order valence-electron chi connectivity index (χ4n) is 6.70. The Balaban J connectivity index is 1.68. The van der Waals surface area contributed by atoms with E-state index in [1.54, 1.807) is 7.11 Å². The van der Waals surface area contributed by atoms with Crippen molar-refractivity contribution in [3.05, 3.63) is 96.2 Å². The number of hydrogen-bond donors (Lipinski definition) is 1. The number of methoxy groups -OCH3 is 1. The number of ether oxygens (including phenoxy) is 1. The molecule has 0 spiro atoms. The molecule has 0 saturated heterocycles. The highest BCUT2D eigenvalue weighted by atomic mass is 16.5. The van der Waals surface area contributed by atoms with Gasteiger partial charge < -0.3 is 14.3 Å².